The molecule has 2 atom stereocenters. The number of furan rings is 1. The molecule has 1 aromatic heterocycles. The molecule has 2 amide bonds. The molecule has 0 unspecified atom stereocenters. The van der Waals surface area contributed by atoms with Crippen LogP contribution in [0, 0.1) is 0 Å². The average molecular weight is 340 g/mol. The molecule has 1 fully saturated rings. The van der Waals surface area contributed by atoms with Crippen LogP contribution in [0.4, 0.5) is 0 Å². The molecule has 25 heavy (non-hydrogen) atoms. The molecule has 0 bridgehead atoms. The maximum Gasteiger partial charge on any atom is 0.340 e. The Kier molecular flexibility index (Phi) is 3.76. The SMILES string of the molecule is O=C1O[C@H](N2C(=O)CC[C@@H]2C(=O)NCc2ccco2)c2ccccc21. The van der Waals surface area contributed by atoms with Gasteiger partial charge >= 0.3 is 5.97 Å². The van der Waals surface area contributed by atoms with Gasteiger partial charge in [0.2, 0.25) is 18.0 Å². The van der Waals surface area contributed by atoms with E-state index in [-0.39, 0.29) is 24.8 Å². The fourth-order valence-electron chi connectivity index (χ4n) is 3.29. The molecule has 4 rings (SSSR count). The first-order chi connectivity index (χ1) is 12.1. The number of nitrogens with zero attached hydrogens (tertiary/aromatic N) is 1. The number of cyclic esters (lactones) is 1. The van der Waals surface area contributed by atoms with Gasteiger partial charge in [-0.25, -0.2) is 4.79 Å². The van der Waals surface area contributed by atoms with E-state index in [1.165, 1.54) is 11.2 Å². The van der Waals surface area contributed by atoms with Gasteiger partial charge in [0.25, 0.3) is 0 Å². The van der Waals surface area contributed by atoms with Gasteiger partial charge in [-0.3, -0.25) is 14.5 Å². The summed E-state index contributed by atoms with van der Waals surface area (Å²) < 4.78 is 10.6. The summed E-state index contributed by atoms with van der Waals surface area (Å²) in [7, 11) is 0. The first-order valence-electron chi connectivity index (χ1n) is 8.06. The minimum Gasteiger partial charge on any atom is -0.467 e. The number of fused-ring (bicyclic) bond motifs is 1. The second kappa shape index (κ2) is 6.08. The molecule has 0 spiro atoms. The largest absolute Gasteiger partial charge is 0.467 e. The number of esters is 1. The van der Waals surface area contributed by atoms with Crippen molar-refractivity contribution in [3.05, 3.63) is 59.5 Å². The number of likely N-dealkylation sites (tertiary alicyclic amines) is 1. The molecule has 128 valence electrons. The first kappa shape index (κ1) is 15.4. The number of amides is 2. The van der Waals surface area contributed by atoms with Crippen LogP contribution in [-0.2, 0) is 20.9 Å². The van der Waals surface area contributed by atoms with Gasteiger partial charge in [-0.1, -0.05) is 18.2 Å². The van der Waals surface area contributed by atoms with Gasteiger partial charge in [0, 0.05) is 12.0 Å². The molecule has 2 aliphatic rings. The Bertz CT molecular complexity index is 830. The van der Waals surface area contributed by atoms with E-state index in [9.17, 15) is 14.4 Å². The third-order valence-corrected chi connectivity index (χ3v) is 4.49. The smallest absolute Gasteiger partial charge is 0.340 e. The van der Waals surface area contributed by atoms with Crippen molar-refractivity contribution in [2.45, 2.75) is 31.7 Å². The number of ether oxygens (including phenoxy) is 1. The van der Waals surface area contributed by atoms with E-state index in [2.05, 4.69) is 5.32 Å². The van der Waals surface area contributed by atoms with Gasteiger partial charge in [0.05, 0.1) is 18.4 Å². The van der Waals surface area contributed by atoms with Gasteiger partial charge in [0.15, 0.2) is 0 Å². The zero-order chi connectivity index (χ0) is 17.4. The van der Waals surface area contributed by atoms with Crippen LogP contribution < -0.4 is 5.32 Å². The summed E-state index contributed by atoms with van der Waals surface area (Å²) in [5.74, 6) is -0.341. The lowest BCUT2D eigenvalue weighted by atomic mass is 10.1. The summed E-state index contributed by atoms with van der Waals surface area (Å²) in [6, 6.07) is 9.74. The van der Waals surface area contributed by atoms with Gasteiger partial charge in [-0.05, 0) is 24.6 Å². The minimum atomic E-state index is -0.849. The Hall–Kier alpha value is -3.09. The molecular weight excluding hydrogens is 324 g/mol. The summed E-state index contributed by atoms with van der Waals surface area (Å²) in [4.78, 5) is 38.3. The van der Waals surface area contributed by atoms with Crippen molar-refractivity contribution in [2.75, 3.05) is 0 Å². The Morgan fingerprint density at radius 2 is 2.04 bits per heavy atom. The molecule has 1 saturated heterocycles. The van der Waals surface area contributed by atoms with E-state index in [4.69, 9.17) is 9.15 Å². The first-order valence-corrected chi connectivity index (χ1v) is 8.06. The monoisotopic (exact) mass is 340 g/mol. The Morgan fingerprint density at radius 3 is 2.84 bits per heavy atom. The molecule has 1 N–H and O–H groups in total. The molecule has 0 radical (unpaired) electrons. The number of carbonyl (C=O) groups excluding carboxylic acids is 3. The van der Waals surface area contributed by atoms with Crippen molar-refractivity contribution in [1.82, 2.24) is 10.2 Å². The number of rotatable bonds is 4. The van der Waals surface area contributed by atoms with Crippen molar-refractivity contribution >= 4 is 17.8 Å². The van der Waals surface area contributed by atoms with Crippen molar-refractivity contribution in [3.63, 3.8) is 0 Å². The lowest BCUT2D eigenvalue weighted by Crippen LogP contribution is -2.46. The van der Waals surface area contributed by atoms with Crippen molar-refractivity contribution in [1.29, 1.82) is 0 Å². The number of hydrogen-bond donors (Lipinski definition) is 1. The van der Waals surface area contributed by atoms with Crippen LogP contribution in [0.5, 0.6) is 0 Å². The lowest BCUT2D eigenvalue weighted by molar-refractivity contribution is -0.145. The highest BCUT2D eigenvalue weighted by atomic mass is 16.6. The second-order valence-electron chi connectivity index (χ2n) is 6.00. The molecule has 1 aromatic carbocycles. The molecule has 7 nitrogen and oxygen atoms in total. The maximum atomic E-state index is 12.6. The van der Waals surface area contributed by atoms with Crippen LogP contribution in [0.2, 0.25) is 0 Å². The lowest BCUT2D eigenvalue weighted by Gasteiger charge is -2.29. The highest BCUT2D eigenvalue weighted by Gasteiger charge is 2.46. The number of hydrogen-bond acceptors (Lipinski definition) is 5. The molecule has 2 aromatic rings. The van der Waals surface area contributed by atoms with E-state index in [0.29, 0.717) is 23.3 Å². The van der Waals surface area contributed by atoms with Crippen molar-refractivity contribution in [3.8, 4) is 0 Å². The fourth-order valence-corrected chi connectivity index (χ4v) is 3.29. The van der Waals surface area contributed by atoms with Gasteiger partial charge in [-0.15, -0.1) is 0 Å². The zero-order valence-corrected chi connectivity index (χ0v) is 13.3. The minimum absolute atomic E-state index is 0.201. The van der Waals surface area contributed by atoms with Crippen LogP contribution in [0.3, 0.4) is 0 Å². The molecule has 0 saturated carbocycles. The van der Waals surface area contributed by atoms with Crippen LogP contribution in [0.25, 0.3) is 0 Å². The normalized spacial score (nSPS) is 22.0. The highest BCUT2D eigenvalue weighted by molar-refractivity contribution is 5.96. The van der Waals surface area contributed by atoms with Gasteiger partial charge < -0.3 is 14.5 Å². The molecule has 7 heteroatoms. The third kappa shape index (κ3) is 2.67. The highest BCUT2D eigenvalue weighted by Crippen LogP contribution is 2.38. The standard InChI is InChI=1S/C18H16N2O5/c21-15-8-7-14(16(22)19-10-11-4-3-9-24-11)20(15)17-12-5-1-2-6-13(12)18(23)25-17/h1-6,9,14,17H,7-8,10H2,(H,19,22)/t14-,17+/m1/s1. The fraction of sp³-hybridized carbons (Fsp3) is 0.278. The molecular formula is C18H16N2O5. The van der Waals surface area contributed by atoms with Crippen molar-refractivity contribution in [2.24, 2.45) is 0 Å². The summed E-state index contributed by atoms with van der Waals surface area (Å²) >= 11 is 0. The van der Waals surface area contributed by atoms with Crippen LogP contribution in [-0.4, -0.2) is 28.7 Å². The average Bonchev–Trinajstić information content (AvgIpc) is 3.33. The van der Waals surface area contributed by atoms with Gasteiger partial charge in [-0.2, -0.15) is 0 Å². The maximum absolute atomic E-state index is 12.6. The van der Waals surface area contributed by atoms with Crippen LogP contribution >= 0.6 is 0 Å². The number of carbonyl (C=O) groups is 3. The van der Waals surface area contributed by atoms with E-state index in [1.807, 2.05) is 0 Å². The van der Waals surface area contributed by atoms with E-state index in [0.717, 1.165) is 0 Å². The van der Waals surface area contributed by atoms with Gasteiger partial charge in [0.1, 0.15) is 11.8 Å². The Labute approximate surface area is 143 Å². The third-order valence-electron chi connectivity index (χ3n) is 4.49. The zero-order valence-electron chi connectivity index (χ0n) is 13.3. The Balaban J connectivity index is 1.54. The van der Waals surface area contributed by atoms with Crippen LogP contribution in [0.1, 0.15) is 40.8 Å². The summed E-state index contributed by atoms with van der Waals surface area (Å²) in [5, 5.41) is 2.77. The molecule has 0 aliphatic carbocycles. The van der Waals surface area contributed by atoms with Crippen LogP contribution in [0.15, 0.2) is 47.1 Å². The predicted molar refractivity (Wildman–Crippen MR) is 85.0 cm³/mol. The quantitative estimate of drug-likeness (QED) is 0.857. The summed E-state index contributed by atoms with van der Waals surface area (Å²) in [6.07, 6.45) is 1.31. The van der Waals surface area contributed by atoms with E-state index < -0.39 is 18.2 Å². The summed E-state index contributed by atoms with van der Waals surface area (Å²) in [6.45, 7) is 0.241. The number of benzene rings is 1. The molecule has 2 aliphatic heterocycles. The predicted octanol–water partition coefficient (Wildman–Crippen LogP) is 1.76. The second-order valence-corrected chi connectivity index (χ2v) is 6.00. The number of nitrogens with one attached hydrogen (secondary N) is 1. The Morgan fingerprint density at radius 1 is 1.20 bits per heavy atom. The topological polar surface area (TPSA) is 88.8 Å². The van der Waals surface area contributed by atoms with E-state index in [1.54, 1.807) is 36.4 Å². The van der Waals surface area contributed by atoms with Crippen molar-refractivity contribution < 1.29 is 23.5 Å². The van der Waals surface area contributed by atoms with E-state index >= 15 is 0 Å². The summed E-state index contributed by atoms with van der Waals surface area (Å²) in [5.41, 5.74) is 1.05. The molecule has 3 heterocycles.